The van der Waals surface area contributed by atoms with Crippen molar-refractivity contribution in [2.75, 3.05) is 7.11 Å². The van der Waals surface area contributed by atoms with Gasteiger partial charge in [0.05, 0.1) is 13.2 Å². The fraction of sp³-hybridized carbons (Fsp3) is 0.333. The van der Waals surface area contributed by atoms with Gasteiger partial charge in [-0.15, -0.1) is 11.3 Å². The van der Waals surface area contributed by atoms with E-state index in [1.807, 2.05) is 6.07 Å². The number of hydrogen-bond donors (Lipinski definition) is 2. The van der Waals surface area contributed by atoms with E-state index in [-0.39, 0.29) is 6.04 Å². The van der Waals surface area contributed by atoms with Crippen LogP contribution in [0.3, 0.4) is 0 Å². The van der Waals surface area contributed by atoms with Crippen molar-refractivity contribution in [3.63, 3.8) is 0 Å². The second kappa shape index (κ2) is 5.74. The number of hydrogen-bond acceptors (Lipinski definition) is 4. The van der Waals surface area contributed by atoms with Crippen molar-refractivity contribution in [3.05, 3.63) is 50.7 Å². The lowest BCUT2D eigenvalue weighted by atomic mass is 9.97. The van der Waals surface area contributed by atoms with Crippen molar-refractivity contribution in [1.82, 2.24) is 5.43 Å². The van der Waals surface area contributed by atoms with E-state index in [9.17, 15) is 0 Å². The number of benzene rings is 1. The molecule has 1 aromatic carbocycles. The van der Waals surface area contributed by atoms with Gasteiger partial charge in [0, 0.05) is 15.3 Å². The molecule has 102 valence electrons. The Hall–Kier alpha value is -1.36. The van der Waals surface area contributed by atoms with Crippen LogP contribution >= 0.6 is 11.3 Å². The highest BCUT2D eigenvalue weighted by Gasteiger charge is 2.21. The first-order valence-corrected chi connectivity index (χ1v) is 7.06. The molecule has 4 heteroatoms. The third-order valence-electron chi connectivity index (χ3n) is 3.21. The summed E-state index contributed by atoms with van der Waals surface area (Å²) < 4.78 is 5.53. The van der Waals surface area contributed by atoms with Crippen LogP contribution in [0.5, 0.6) is 5.75 Å². The van der Waals surface area contributed by atoms with Crippen LogP contribution in [0.15, 0.2) is 24.3 Å². The normalized spacial score (nSPS) is 12.5. The Kier molecular flexibility index (Phi) is 4.24. The summed E-state index contributed by atoms with van der Waals surface area (Å²) in [6, 6.07) is 8.40. The van der Waals surface area contributed by atoms with E-state index < -0.39 is 0 Å². The van der Waals surface area contributed by atoms with Crippen molar-refractivity contribution < 1.29 is 4.74 Å². The molecule has 0 saturated carbocycles. The van der Waals surface area contributed by atoms with Gasteiger partial charge in [-0.1, -0.05) is 6.07 Å². The fourth-order valence-electron chi connectivity index (χ4n) is 2.39. The Morgan fingerprint density at radius 1 is 1.21 bits per heavy atom. The van der Waals surface area contributed by atoms with Crippen molar-refractivity contribution in [2.45, 2.75) is 26.8 Å². The van der Waals surface area contributed by atoms with Gasteiger partial charge in [0.1, 0.15) is 5.75 Å². The lowest BCUT2D eigenvalue weighted by molar-refractivity contribution is 0.403. The molecule has 0 amide bonds. The minimum absolute atomic E-state index is 0.0331. The molecule has 1 atom stereocenters. The van der Waals surface area contributed by atoms with Gasteiger partial charge in [-0.3, -0.25) is 5.84 Å². The van der Waals surface area contributed by atoms with E-state index in [4.69, 9.17) is 10.6 Å². The van der Waals surface area contributed by atoms with E-state index in [2.05, 4.69) is 44.4 Å². The first kappa shape index (κ1) is 14.1. The summed E-state index contributed by atoms with van der Waals surface area (Å²) in [5.41, 5.74) is 6.40. The predicted octanol–water partition coefficient (Wildman–Crippen LogP) is 3.23. The van der Waals surface area contributed by atoms with Gasteiger partial charge in [-0.2, -0.15) is 0 Å². The van der Waals surface area contributed by atoms with Crippen LogP contribution in [0, 0.1) is 20.8 Å². The molecule has 0 saturated heterocycles. The van der Waals surface area contributed by atoms with E-state index >= 15 is 0 Å². The first-order chi connectivity index (χ1) is 9.06. The van der Waals surface area contributed by atoms with Gasteiger partial charge in [0.15, 0.2) is 0 Å². The van der Waals surface area contributed by atoms with E-state index in [0.29, 0.717) is 0 Å². The predicted molar refractivity (Wildman–Crippen MR) is 80.7 cm³/mol. The number of nitrogens with one attached hydrogen (secondary N) is 1. The summed E-state index contributed by atoms with van der Waals surface area (Å²) >= 11 is 1.75. The van der Waals surface area contributed by atoms with Crippen molar-refractivity contribution >= 4 is 11.3 Å². The van der Waals surface area contributed by atoms with E-state index in [1.165, 1.54) is 20.9 Å². The van der Waals surface area contributed by atoms with Crippen molar-refractivity contribution in [3.8, 4) is 5.75 Å². The molecule has 1 heterocycles. The quantitative estimate of drug-likeness (QED) is 0.666. The van der Waals surface area contributed by atoms with E-state index in [0.717, 1.165) is 11.3 Å². The summed E-state index contributed by atoms with van der Waals surface area (Å²) in [7, 11) is 1.70. The van der Waals surface area contributed by atoms with Gasteiger partial charge in [0.2, 0.25) is 0 Å². The Bertz CT molecular complexity index is 578. The zero-order valence-electron chi connectivity index (χ0n) is 11.8. The third kappa shape index (κ3) is 2.81. The maximum Gasteiger partial charge on any atom is 0.124 e. The molecule has 1 unspecified atom stereocenters. The average Bonchev–Trinajstić information content (AvgIpc) is 2.78. The molecular formula is C15H20N2OS. The Morgan fingerprint density at radius 2 is 1.95 bits per heavy atom. The van der Waals surface area contributed by atoms with Crippen LogP contribution in [-0.2, 0) is 0 Å². The van der Waals surface area contributed by atoms with Gasteiger partial charge in [-0.25, -0.2) is 5.43 Å². The van der Waals surface area contributed by atoms with Gasteiger partial charge >= 0.3 is 0 Å². The number of rotatable bonds is 4. The minimum Gasteiger partial charge on any atom is -0.496 e. The molecule has 0 spiro atoms. The second-order valence-corrected chi connectivity index (χ2v) is 6.07. The molecule has 3 N–H and O–H groups in total. The van der Waals surface area contributed by atoms with Crippen LogP contribution < -0.4 is 16.0 Å². The standard InChI is InChI=1S/C15H20N2OS/c1-9-7-10(2)14(12(8-9)18-4)15(17-16)13-6-5-11(3)19-13/h5-8,15,17H,16H2,1-4H3. The summed E-state index contributed by atoms with van der Waals surface area (Å²) in [6.07, 6.45) is 0. The van der Waals surface area contributed by atoms with Crippen LogP contribution in [0.1, 0.15) is 32.5 Å². The van der Waals surface area contributed by atoms with Crippen molar-refractivity contribution in [2.24, 2.45) is 5.84 Å². The molecule has 1 aromatic heterocycles. The molecule has 0 radical (unpaired) electrons. The lowest BCUT2D eigenvalue weighted by Crippen LogP contribution is -2.29. The Balaban J connectivity index is 2.55. The Labute approximate surface area is 118 Å². The zero-order valence-corrected chi connectivity index (χ0v) is 12.6. The number of nitrogens with two attached hydrogens (primary N) is 1. The summed E-state index contributed by atoms with van der Waals surface area (Å²) in [5, 5.41) is 0. The van der Waals surface area contributed by atoms with Crippen LogP contribution in [-0.4, -0.2) is 7.11 Å². The number of ether oxygens (including phenoxy) is 1. The number of methoxy groups -OCH3 is 1. The molecule has 2 aromatic rings. The third-order valence-corrected chi connectivity index (χ3v) is 4.28. The molecule has 0 fully saturated rings. The molecule has 0 aliphatic heterocycles. The van der Waals surface area contributed by atoms with Gasteiger partial charge in [-0.05, 0) is 50.1 Å². The highest BCUT2D eigenvalue weighted by Crippen LogP contribution is 2.36. The molecule has 3 nitrogen and oxygen atoms in total. The molecule has 0 bridgehead atoms. The van der Waals surface area contributed by atoms with Crippen LogP contribution in [0.4, 0.5) is 0 Å². The minimum atomic E-state index is -0.0331. The molecule has 2 rings (SSSR count). The maximum atomic E-state index is 5.78. The van der Waals surface area contributed by atoms with Crippen molar-refractivity contribution in [1.29, 1.82) is 0 Å². The second-order valence-electron chi connectivity index (χ2n) is 4.75. The summed E-state index contributed by atoms with van der Waals surface area (Å²) in [5.74, 6) is 6.66. The van der Waals surface area contributed by atoms with Gasteiger partial charge in [0.25, 0.3) is 0 Å². The summed E-state index contributed by atoms with van der Waals surface area (Å²) in [6.45, 7) is 6.26. The zero-order chi connectivity index (χ0) is 14.0. The smallest absolute Gasteiger partial charge is 0.124 e. The molecular weight excluding hydrogens is 256 g/mol. The number of hydrazine groups is 1. The average molecular weight is 276 g/mol. The topological polar surface area (TPSA) is 47.3 Å². The summed E-state index contributed by atoms with van der Waals surface area (Å²) in [4.78, 5) is 2.48. The largest absolute Gasteiger partial charge is 0.496 e. The number of thiophene rings is 1. The van der Waals surface area contributed by atoms with Gasteiger partial charge < -0.3 is 4.74 Å². The monoisotopic (exact) mass is 276 g/mol. The SMILES string of the molecule is COc1cc(C)cc(C)c1C(NN)c1ccc(C)s1. The highest BCUT2D eigenvalue weighted by atomic mass is 32.1. The molecule has 0 aliphatic carbocycles. The molecule has 19 heavy (non-hydrogen) atoms. The fourth-order valence-corrected chi connectivity index (χ4v) is 3.34. The van der Waals surface area contributed by atoms with Crippen LogP contribution in [0.2, 0.25) is 0 Å². The maximum absolute atomic E-state index is 5.78. The Morgan fingerprint density at radius 3 is 2.47 bits per heavy atom. The lowest BCUT2D eigenvalue weighted by Gasteiger charge is -2.21. The van der Waals surface area contributed by atoms with Crippen LogP contribution in [0.25, 0.3) is 0 Å². The highest BCUT2D eigenvalue weighted by molar-refractivity contribution is 7.12. The first-order valence-electron chi connectivity index (χ1n) is 6.24. The molecule has 0 aliphatic rings. The number of aryl methyl sites for hydroxylation is 3. The van der Waals surface area contributed by atoms with E-state index in [1.54, 1.807) is 18.4 Å².